The van der Waals surface area contributed by atoms with Gasteiger partial charge in [0.25, 0.3) is 0 Å². The predicted octanol–water partition coefficient (Wildman–Crippen LogP) is 2.26. The van der Waals surface area contributed by atoms with Crippen molar-refractivity contribution in [1.82, 2.24) is 15.3 Å². The van der Waals surface area contributed by atoms with E-state index in [4.69, 9.17) is 4.84 Å². The molecular formula is C15H17F2N3O. The molecule has 21 heavy (non-hydrogen) atoms. The summed E-state index contributed by atoms with van der Waals surface area (Å²) in [6.45, 7) is 2.01. The van der Waals surface area contributed by atoms with E-state index in [1.54, 1.807) is 6.20 Å². The summed E-state index contributed by atoms with van der Waals surface area (Å²) in [5.41, 5.74) is 1.30. The van der Waals surface area contributed by atoms with E-state index in [0.717, 1.165) is 37.7 Å². The Bertz CT molecular complexity index is 609. The first kappa shape index (κ1) is 14.0. The van der Waals surface area contributed by atoms with Crippen molar-refractivity contribution in [1.29, 1.82) is 0 Å². The van der Waals surface area contributed by atoms with Gasteiger partial charge in [-0.15, -0.1) is 9.94 Å². The predicted molar refractivity (Wildman–Crippen MR) is 73.7 cm³/mol. The Morgan fingerprint density at radius 1 is 1.24 bits per heavy atom. The van der Waals surface area contributed by atoms with Crippen LogP contribution in [0.4, 0.5) is 8.78 Å². The molecule has 1 aromatic carbocycles. The number of hydrogen-bond donors (Lipinski definition) is 1. The second-order valence-electron chi connectivity index (χ2n) is 5.18. The SMILES string of the molecule is Fc1ccc(COn2ccc(C3CCNCC3)n2)c(F)c1. The van der Waals surface area contributed by atoms with E-state index in [9.17, 15) is 8.78 Å². The number of nitrogens with zero attached hydrogens (tertiary/aromatic N) is 2. The Balaban J connectivity index is 1.61. The van der Waals surface area contributed by atoms with Crippen LogP contribution in [-0.4, -0.2) is 23.0 Å². The van der Waals surface area contributed by atoms with Crippen LogP contribution in [0.3, 0.4) is 0 Å². The fourth-order valence-electron chi connectivity index (χ4n) is 2.50. The molecule has 0 bridgehead atoms. The Morgan fingerprint density at radius 3 is 2.81 bits per heavy atom. The number of benzene rings is 1. The van der Waals surface area contributed by atoms with E-state index in [0.29, 0.717) is 11.5 Å². The molecule has 1 aliphatic heterocycles. The summed E-state index contributed by atoms with van der Waals surface area (Å²) in [6.07, 6.45) is 3.84. The highest BCUT2D eigenvalue weighted by atomic mass is 19.1. The number of halogens is 2. The molecule has 0 unspecified atom stereocenters. The first-order valence-corrected chi connectivity index (χ1v) is 7.06. The maximum absolute atomic E-state index is 13.5. The summed E-state index contributed by atoms with van der Waals surface area (Å²) in [5, 5.41) is 7.68. The number of piperidine rings is 1. The molecule has 0 atom stereocenters. The Kier molecular flexibility index (Phi) is 4.15. The molecular weight excluding hydrogens is 276 g/mol. The molecule has 0 radical (unpaired) electrons. The third-order valence-electron chi connectivity index (χ3n) is 3.71. The first-order chi connectivity index (χ1) is 10.2. The van der Waals surface area contributed by atoms with Crippen LogP contribution in [0.15, 0.2) is 30.5 Å². The highest BCUT2D eigenvalue weighted by molar-refractivity contribution is 5.17. The quantitative estimate of drug-likeness (QED) is 0.940. The third kappa shape index (κ3) is 3.39. The maximum atomic E-state index is 13.5. The summed E-state index contributed by atoms with van der Waals surface area (Å²) in [5.74, 6) is -0.761. The minimum Gasteiger partial charge on any atom is -0.392 e. The van der Waals surface area contributed by atoms with Crippen molar-refractivity contribution in [3.8, 4) is 0 Å². The zero-order valence-electron chi connectivity index (χ0n) is 11.6. The van der Waals surface area contributed by atoms with Crippen LogP contribution in [0, 0.1) is 11.6 Å². The van der Waals surface area contributed by atoms with Gasteiger partial charge in [-0.25, -0.2) is 8.78 Å². The average Bonchev–Trinajstić information content (AvgIpc) is 2.96. The summed E-state index contributed by atoms with van der Waals surface area (Å²) in [4.78, 5) is 6.76. The van der Waals surface area contributed by atoms with Crippen LogP contribution < -0.4 is 10.2 Å². The number of aromatic nitrogens is 2. The Hall–Kier alpha value is -1.95. The van der Waals surface area contributed by atoms with Crippen molar-refractivity contribution in [3.63, 3.8) is 0 Å². The summed E-state index contributed by atoms with van der Waals surface area (Å²) in [7, 11) is 0. The van der Waals surface area contributed by atoms with Crippen molar-refractivity contribution >= 4 is 0 Å². The van der Waals surface area contributed by atoms with Gasteiger partial charge in [-0.05, 0) is 44.1 Å². The van der Waals surface area contributed by atoms with E-state index in [1.165, 1.54) is 17.0 Å². The van der Waals surface area contributed by atoms with E-state index in [2.05, 4.69) is 10.4 Å². The molecule has 3 rings (SSSR count). The molecule has 2 heterocycles. The molecule has 0 spiro atoms. The molecule has 1 aromatic heterocycles. The van der Waals surface area contributed by atoms with Crippen molar-refractivity contribution in [2.45, 2.75) is 25.4 Å². The lowest BCUT2D eigenvalue weighted by Gasteiger charge is -2.20. The molecule has 0 amide bonds. The van der Waals surface area contributed by atoms with Crippen molar-refractivity contribution in [2.24, 2.45) is 0 Å². The van der Waals surface area contributed by atoms with Gasteiger partial charge >= 0.3 is 0 Å². The van der Waals surface area contributed by atoms with E-state index in [-0.39, 0.29) is 6.61 Å². The van der Waals surface area contributed by atoms with Crippen LogP contribution in [0.1, 0.15) is 30.0 Å². The minimum atomic E-state index is -0.610. The monoisotopic (exact) mass is 293 g/mol. The largest absolute Gasteiger partial charge is 0.392 e. The van der Waals surface area contributed by atoms with Crippen molar-refractivity contribution in [2.75, 3.05) is 13.1 Å². The Labute approximate surface area is 121 Å². The van der Waals surface area contributed by atoms with Gasteiger partial charge in [0, 0.05) is 17.5 Å². The second-order valence-corrected chi connectivity index (χ2v) is 5.18. The zero-order valence-corrected chi connectivity index (χ0v) is 11.6. The molecule has 1 aliphatic rings. The van der Waals surface area contributed by atoms with Gasteiger partial charge in [-0.2, -0.15) is 0 Å². The number of hydrogen-bond acceptors (Lipinski definition) is 3. The molecule has 1 fully saturated rings. The second kappa shape index (κ2) is 6.22. The molecule has 112 valence electrons. The van der Waals surface area contributed by atoms with Gasteiger partial charge in [0.05, 0.1) is 11.9 Å². The zero-order chi connectivity index (χ0) is 14.7. The normalized spacial score (nSPS) is 16.1. The molecule has 0 saturated carbocycles. The number of rotatable bonds is 4. The van der Waals surface area contributed by atoms with Crippen LogP contribution in [0.25, 0.3) is 0 Å². The van der Waals surface area contributed by atoms with Gasteiger partial charge in [0.15, 0.2) is 0 Å². The smallest absolute Gasteiger partial charge is 0.145 e. The molecule has 1 saturated heterocycles. The third-order valence-corrected chi connectivity index (χ3v) is 3.71. The van der Waals surface area contributed by atoms with Crippen LogP contribution >= 0.6 is 0 Å². The van der Waals surface area contributed by atoms with Crippen molar-refractivity contribution < 1.29 is 13.6 Å². The lowest BCUT2D eigenvalue weighted by molar-refractivity contribution is 0.0670. The lowest BCUT2D eigenvalue weighted by Crippen LogP contribution is -2.27. The van der Waals surface area contributed by atoms with Crippen LogP contribution in [0.5, 0.6) is 0 Å². The molecule has 0 aliphatic carbocycles. The Morgan fingerprint density at radius 2 is 2.05 bits per heavy atom. The molecule has 6 heteroatoms. The first-order valence-electron chi connectivity index (χ1n) is 7.06. The van der Waals surface area contributed by atoms with Crippen LogP contribution in [0.2, 0.25) is 0 Å². The number of nitrogens with one attached hydrogen (secondary N) is 1. The van der Waals surface area contributed by atoms with Gasteiger partial charge in [-0.3, -0.25) is 0 Å². The average molecular weight is 293 g/mol. The fourth-order valence-corrected chi connectivity index (χ4v) is 2.50. The van der Waals surface area contributed by atoms with E-state index < -0.39 is 11.6 Å². The maximum Gasteiger partial charge on any atom is 0.145 e. The van der Waals surface area contributed by atoms with Gasteiger partial charge in [-0.1, -0.05) is 0 Å². The lowest BCUT2D eigenvalue weighted by atomic mass is 9.95. The van der Waals surface area contributed by atoms with Crippen molar-refractivity contribution in [3.05, 3.63) is 53.4 Å². The van der Waals surface area contributed by atoms with E-state index in [1.807, 2.05) is 6.07 Å². The topological polar surface area (TPSA) is 39.1 Å². The highest BCUT2D eigenvalue weighted by Crippen LogP contribution is 2.23. The highest BCUT2D eigenvalue weighted by Gasteiger charge is 2.17. The molecule has 2 aromatic rings. The van der Waals surface area contributed by atoms with E-state index >= 15 is 0 Å². The standard InChI is InChI=1S/C15H17F2N3O/c16-13-2-1-12(14(17)9-13)10-21-20-8-5-15(19-20)11-3-6-18-7-4-11/h1-2,5,8-9,11,18H,3-4,6-7,10H2. The summed E-state index contributed by atoms with van der Waals surface area (Å²) >= 11 is 0. The van der Waals surface area contributed by atoms with Gasteiger partial charge < -0.3 is 10.2 Å². The minimum absolute atomic E-state index is 0.0133. The molecule has 1 N–H and O–H groups in total. The molecule has 4 nitrogen and oxygen atoms in total. The summed E-state index contributed by atoms with van der Waals surface area (Å²) < 4.78 is 26.3. The van der Waals surface area contributed by atoms with Gasteiger partial charge in [0.2, 0.25) is 0 Å². The van der Waals surface area contributed by atoms with Crippen LogP contribution in [-0.2, 0) is 6.61 Å². The van der Waals surface area contributed by atoms with Gasteiger partial charge in [0.1, 0.15) is 18.2 Å². The summed E-state index contributed by atoms with van der Waals surface area (Å²) in [6, 6.07) is 5.37. The fraction of sp³-hybridized carbons (Fsp3) is 0.400.